The van der Waals surface area contributed by atoms with Gasteiger partial charge >= 0.3 is 0 Å². The third-order valence-electron chi connectivity index (χ3n) is 4.66. The Kier molecular flexibility index (Phi) is 4.72. The molecule has 0 saturated carbocycles. The van der Waals surface area contributed by atoms with Gasteiger partial charge in [0.15, 0.2) is 0 Å². The minimum atomic E-state index is -0.328. The largest absolute Gasteiger partial charge is 0.347 e. The second-order valence-corrected chi connectivity index (χ2v) is 7.01. The third-order valence-corrected chi connectivity index (χ3v) is 4.66. The Balaban J connectivity index is 2.08. The zero-order valence-corrected chi connectivity index (χ0v) is 14.0. The van der Waals surface area contributed by atoms with Crippen LogP contribution in [0, 0.1) is 19.8 Å². The Bertz CT molecular complexity index is 522. The molecular weight excluding hydrogens is 260 g/mol. The number of hydrogen-bond acceptors (Lipinski definition) is 2. The minimum Gasteiger partial charge on any atom is -0.347 e. The van der Waals surface area contributed by atoms with Crippen LogP contribution in [0.1, 0.15) is 43.4 Å². The fourth-order valence-electron chi connectivity index (χ4n) is 2.99. The smallest absolute Gasteiger partial charge is 0.225 e. The molecule has 3 heteroatoms. The molecule has 1 atom stereocenters. The van der Waals surface area contributed by atoms with E-state index in [9.17, 15) is 4.79 Å². The number of aryl methyl sites for hydroxylation is 2. The van der Waals surface area contributed by atoms with Crippen LogP contribution >= 0.6 is 0 Å². The Morgan fingerprint density at radius 3 is 2.62 bits per heavy atom. The second-order valence-electron chi connectivity index (χ2n) is 7.01. The first-order valence-electron chi connectivity index (χ1n) is 7.88. The minimum absolute atomic E-state index is 0.120. The molecule has 1 unspecified atom stereocenters. The van der Waals surface area contributed by atoms with E-state index in [-0.39, 0.29) is 17.4 Å². The standard InChI is InChI=1S/C18H28N2O/c1-13-8-9-16(11-14(13)2)18(3,4)19-17(21)15-7-6-10-20(5)12-15/h8-9,11,15H,6-7,10,12H2,1-5H3,(H,19,21). The van der Waals surface area contributed by atoms with E-state index in [2.05, 4.69) is 63.2 Å². The van der Waals surface area contributed by atoms with Crippen molar-refractivity contribution in [2.24, 2.45) is 5.92 Å². The fraction of sp³-hybridized carbons (Fsp3) is 0.611. The molecule has 1 aliphatic heterocycles. The third kappa shape index (κ3) is 3.85. The van der Waals surface area contributed by atoms with Gasteiger partial charge in [-0.15, -0.1) is 0 Å². The maximum atomic E-state index is 12.5. The molecule has 1 amide bonds. The molecule has 0 aromatic heterocycles. The lowest BCUT2D eigenvalue weighted by Crippen LogP contribution is -2.48. The summed E-state index contributed by atoms with van der Waals surface area (Å²) >= 11 is 0. The molecule has 0 bridgehead atoms. The van der Waals surface area contributed by atoms with Crippen molar-refractivity contribution in [1.82, 2.24) is 10.2 Å². The number of rotatable bonds is 3. The molecule has 1 aromatic carbocycles. The maximum Gasteiger partial charge on any atom is 0.225 e. The summed E-state index contributed by atoms with van der Waals surface area (Å²) < 4.78 is 0. The van der Waals surface area contributed by atoms with Crippen LogP contribution in [0.4, 0.5) is 0 Å². The van der Waals surface area contributed by atoms with Gasteiger partial charge in [0.1, 0.15) is 0 Å². The van der Waals surface area contributed by atoms with Crippen LogP contribution in [0.3, 0.4) is 0 Å². The highest BCUT2D eigenvalue weighted by Gasteiger charge is 2.29. The van der Waals surface area contributed by atoms with E-state index in [0.717, 1.165) is 25.9 Å². The highest BCUT2D eigenvalue weighted by Crippen LogP contribution is 2.24. The topological polar surface area (TPSA) is 32.3 Å². The van der Waals surface area contributed by atoms with Crippen LogP contribution in [0.5, 0.6) is 0 Å². The number of benzene rings is 1. The Labute approximate surface area is 128 Å². The van der Waals surface area contributed by atoms with E-state index in [1.54, 1.807) is 0 Å². The summed E-state index contributed by atoms with van der Waals surface area (Å²) in [7, 11) is 2.09. The van der Waals surface area contributed by atoms with Gasteiger partial charge in [0.2, 0.25) is 5.91 Å². The molecule has 1 heterocycles. The van der Waals surface area contributed by atoms with E-state index in [4.69, 9.17) is 0 Å². The summed E-state index contributed by atoms with van der Waals surface area (Å²) in [5.41, 5.74) is 3.40. The summed E-state index contributed by atoms with van der Waals surface area (Å²) in [4.78, 5) is 14.8. The van der Waals surface area contributed by atoms with Crippen molar-refractivity contribution in [3.05, 3.63) is 34.9 Å². The van der Waals surface area contributed by atoms with Crippen molar-refractivity contribution in [3.8, 4) is 0 Å². The number of carbonyl (C=O) groups excluding carboxylic acids is 1. The molecule has 1 aromatic rings. The van der Waals surface area contributed by atoms with Gasteiger partial charge in [0.05, 0.1) is 11.5 Å². The van der Waals surface area contributed by atoms with Gasteiger partial charge in [-0.3, -0.25) is 4.79 Å². The fourth-order valence-corrected chi connectivity index (χ4v) is 2.99. The number of piperidine rings is 1. The predicted octanol–water partition coefficient (Wildman–Crippen LogP) is 3.00. The number of nitrogens with zero attached hydrogens (tertiary/aromatic N) is 1. The van der Waals surface area contributed by atoms with Crippen LogP contribution < -0.4 is 5.32 Å². The van der Waals surface area contributed by atoms with Crippen molar-refractivity contribution in [3.63, 3.8) is 0 Å². The first-order valence-corrected chi connectivity index (χ1v) is 7.88. The van der Waals surface area contributed by atoms with Gasteiger partial charge in [-0.1, -0.05) is 18.2 Å². The average molecular weight is 288 g/mol. The van der Waals surface area contributed by atoms with E-state index in [0.29, 0.717) is 0 Å². The van der Waals surface area contributed by atoms with Gasteiger partial charge in [-0.25, -0.2) is 0 Å². The lowest BCUT2D eigenvalue weighted by Gasteiger charge is -2.33. The first kappa shape index (κ1) is 16.0. The molecule has 0 spiro atoms. The molecule has 1 fully saturated rings. The molecule has 116 valence electrons. The van der Waals surface area contributed by atoms with Gasteiger partial charge in [0, 0.05) is 6.54 Å². The molecule has 0 radical (unpaired) electrons. The predicted molar refractivity (Wildman–Crippen MR) is 87.3 cm³/mol. The number of likely N-dealkylation sites (tertiary alicyclic amines) is 1. The van der Waals surface area contributed by atoms with Crippen molar-refractivity contribution < 1.29 is 4.79 Å². The van der Waals surface area contributed by atoms with Crippen LogP contribution in [-0.4, -0.2) is 30.9 Å². The van der Waals surface area contributed by atoms with E-state index >= 15 is 0 Å². The highest BCUT2D eigenvalue weighted by molar-refractivity contribution is 5.80. The van der Waals surface area contributed by atoms with Crippen LogP contribution in [-0.2, 0) is 10.3 Å². The van der Waals surface area contributed by atoms with E-state index in [1.165, 1.54) is 16.7 Å². The summed E-state index contributed by atoms with van der Waals surface area (Å²) in [5.74, 6) is 0.305. The molecule has 2 rings (SSSR count). The lowest BCUT2D eigenvalue weighted by atomic mass is 9.89. The number of hydrogen-bond donors (Lipinski definition) is 1. The number of carbonyl (C=O) groups is 1. The van der Waals surface area contributed by atoms with Crippen LogP contribution in [0.15, 0.2) is 18.2 Å². The van der Waals surface area contributed by atoms with Gasteiger partial charge in [-0.2, -0.15) is 0 Å². The van der Waals surface area contributed by atoms with Crippen molar-refractivity contribution in [2.45, 2.75) is 46.1 Å². The Morgan fingerprint density at radius 1 is 1.29 bits per heavy atom. The van der Waals surface area contributed by atoms with E-state index < -0.39 is 0 Å². The SMILES string of the molecule is Cc1ccc(C(C)(C)NC(=O)C2CCCN(C)C2)cc1C. The summed E-state index contributed by atoms with van der Waals surface area (Å²) in [6.45, 7) is 10.4. The highest BCUT2D eigenvalue weighted by atomic mass is 16.2. The zero-order valence-electron chi connectivity index (χ0n) is 14.0. The average Bonchev–Trinajstić information content (AvgIpc) is 2.41. The van der Waals surface area contributed by atoms with Gasteiger partial charge < -0.3 is 10.2 Å². The lowest BCUT2D eigenvalue weighted by molar-refractivity contribution is -0.128. The molecule has 1 saturated heterocycles. The molecule has 1 N–H and O–H groups in total. The van der Waals surface area contributed by atoms with Crippen LogP contribution in [0.2, 0.25) is 0 Å². The van der Waals surface area contributed by atoms with Crippen molar-refractivity contribution in [2.75, 3.05) is 20.1 Å². The maximum absolute atomic E-state index is 12.5. The summed E-state index contributed by atoms with van der Waals surface area (Å²) in [6, 6.07) is 6.44. The quantitative estimate of drug-likeness (QED) is 0.927. The first-order chi connectivity index (χ1) is 9.79. The Morgan fingerprint density at radius 2 is 2.00 bits per heavy atom. The monoisotopic (exact) mass is 288 g/mol. The summed E-state index contributed by atoms with van der Waals surface area (Å²) in [5, 5.41) is 3.24. The van der Waals surface area contributed by atoms with Crippen LogP contribution in [0.25, 0.3) is 0 Å². The normalized spacial score (nSPS) is 20.3. The number of amides is 1. The number of nitrogens with one attached hydrogen (secondary N) is 1. The van der Waals surface area contributed by atoms with Gasteiger partial charge in [-0.05, 0) is 70.8 Å². The summed E-state index contributed by atoms with van der Waals surface area (Å²) in [6.07, 6.45) is 2.11. The van der Waals surface area contributed by atoms with Crippen molar-refractivity contribution >= 4 is 5.91 Å². The zero-order chi connectivity index (χ0) is 15.6. The second kappa shape index (κ2) is 6.18. The van der Waals surface area contributed by atoms with Crippen molar-refractivity contribution in [1.29, 1.82) is 0 Å². The molecule has 21 heavy (non-hydrogen) atoms. The van der Waals surface area contributed by atoms with Gasteiger partial charge in [0.25, 0.3) is 0 Å². The molecular formula is C18H28N2O. The molecule has 0 aliphatic carbocycles. The van der Waals surface area contributed by atoms with E-state index in [1.807, 2.05) is 0 Å². The molecule has 1 aliphatic rings. The Hall–Kier alpha value is -1.35. The molecule has 3 nitrogen and oxygen atoms in total.